The van der Waals surface area contributed by atoms with Gasteiger partial charge in [0.2, 0.25) is 0 Å². The van der Waals surface area contributed by atoms with Crippen LogP contribution < -0.4 is 15.4 Å². The highest BCUT2D eigenvalue weighted by Gasteiger charge is 2.19. The van der Waals surface area contributed by atoms with E-state index in [2.05, 4.69) is 39.5 Å². The number of carbonyl (C=O) groups excluding carboxylic acids is 1. The summed E-state index contributed by atoms with van der Waals surface area (Å²) in [6.45, 7) is 12.7. The number of amides is 1. The molecule has 3 rings (SSSR count). The number of aromatic nitrogens is 3. The molecule has 2 N–H and O–H groups in total. The van der Waals surface area contributed by atoms with Gasteiger partial charge in [-0.15, -0.1) is 0 Å². The minimum atomic E-state index is -0.144. The van der Waals surface area contributed by atoms with Crippen molar-refractivity contribution in [2.75, 3.05) is 32.1 Å². The molecular formula is C26H37ClN6O2. The molecule has 0 fully saturated rings. The highest BCUT2D eigenvalue weighted by atomic mass is 35.5. The highest BCUT2D eigenvalue weighted by molar-refractivity contribution is 6.32. The first-order valence-corrected chi connectivity index (χ1v) is 12.7. The number of fused-ring (bicyclic) bond motifs is 1. The monoisotopic (exact) mass is 500 g/mol. The lowest BCUT2D eigenvalue weighted by molar-refractivity contribution is 0.0938. The Balaban J connectivity index is 1.79. The molecule has 35 heavy (non-hydrogen) atoms. The van der Waals surface area contributed by atoms with Gasteiger partial charge in [-0.1, -0.05) is 31.5 Å². The van der Waals surface area contributed by atoms with E-state index in [0.29, 0.717) is 29.4 Å². The van der Waals surface area contributed by atoms with E-state index in [1.165, 1.54) is 0 Å². The minimum absolute atomic E-state index is 0.0559. The molecular weight excluding hydrogens is 464 g/mol. The second-order valence-corrected chi connectivity index (χ2v) is 9.02. The maximum absolute atomic E-state index is 13.3. The summed E-state index contributed by atoms with van der Waals surface area (Å²) >= 11 is 6.30. The fourth-order valence-electron chi connectivity index (χ4n) is 4.17. The smallest absolute Gasteiger partial charge is 0.255 e. The van der Waals surface area contributed by atoms with Crippen molar-refractivity contribution >= 4 is 34.2 Å². The first-order valence-electron chi connectivity index (χ1n) is 12.4. The van der Waals surface area contributed by atoms with Gasteiger partial charge in [-0.2, -0.15) is 5.10 Å². The van der Waals surface area contributed by atoms with E-state index in [4.69, 9.17) is 16.3 Å². The third-order valence-corrected chi connectivity index (χ3v) is 6.57. The largest absolute Gasteiger partial charge is 0.495 e. The number of methoxy groups -OCH3 is 1. The molecule has 8 nitrogen and oxygen atoms in total. The van der Waals surface area contributed by atoms with Crippen LogP contribution in [0.2, 0.25) is 5.02 Å². The number of anilines is 1. The molecule has 0 spiro atoms. The molecule has 0 aliphatic carbocycles. The van der Waals surface area contributed by atoms with Crippen LogP contribution in [0, 0.1) is 0 Å². The summed E-state index contributed by atoms with van der Waals surface area (Å²) in [7, 11) is 1.59. The Bertz CT molecular complexity index is 1130. The quantitative estimate of drug-likeness (QED) is 0.345. The summed E-state index contributed by atoms with van der Waals surface area (Å²) in [5, 5.41) is 12.4. The van der Waals surface area contributed by atoms with Gasteiger partial charge in [0, 0.05) is 25.3 Å². The van der Waals surface area contributed by atoms with Crippen LogP contribution in [0.3, 0.4) is 0 Å². The Morgan fingerprint density at radius 3 is 2.66 bits per heavy atom. The summed E-state index contributed by atoms with van der Waals surface area (Å²) in [6, 6.07) is 5.70. The van der Waals surface area contributed by atoms with Crippen LogP contribution >= 0.6 is 11.6 Å². The number of hydrogen-bond acceptors (Lipinski definition) is 6. The number of halogens is 1. The average molecular weight is 501 g/mol. The van der Waals surface area contributed by atoms with Crippen LogP contribution in [0.4, 0.5) is 5.69 Å². The molecule has 2 aromatic heterocycles. The van der Waals surface area contributed by atoms with Crippen LogP contribution in [0.15, 0.2) is 30.6 Å². The SMILES string of the molecule is CCN(CC)CCCC(C)NC(=O)c1cnc2c(cnn2CC)c1NCc1ccc(OC)c(Cl)c1. The maximum atomic E-state index is 13.3. The van der Waals surface area contributed by atoms with Crippen molar-refractivity contribution in [2.24, 2.45) is 0 Å². The van der Waals surface area contributed by atoms with E-state index in [-0.39, 0.29) is 11.9 Å². The summed E-state index contributed by atoms with van der Waals surface area (Å²) in [5.74, 6) is 0.482. The van der Waals surface area contributed by atoms with Crippen molar-refractivity contribution < 1.29 is 9.53 Å². The predicted octanol–water partition coefficient (Wildman–Crippen LogP) is 4.97. The molecule has 1 aromatic carbocycles. The molecule has 1 atom stereocenters. The van der Waals surface area contributed by atoms with Gasteiger partial charge in [-0.05, 0) is 64.0 Å². The fourth-order valence-corrected chi connectivity index (χ4v) is 4.45. The molecule has 190 valence electrons. The normalized spacial score (nSPS) is 12.2. The van der Waals surface area contributed by atoms with Crippen molar-refractivity contribution in [3.05, 3.63) is 46.7 Å². The second-order valence-electron chi connectivity index (χ2n) is 8.61. The van der Waals surface area contributed by atoms with Gasteiger partial charge in [0.05, 0.1) is 35.0 Å². The molecule has 1 unspecified atom stereocenters. The zero-order valence-corrected chi connectivity index (χ0v) is 22.2. The van der Waals surface area contributed by atoms with Crippen molar-refractivity contribution in [2.45, 2.75) is 59.7 Å². The van der Waals surface area contributed by atoms with Gasteiger partial charge in [0.1, 0.15) is 5.75 Å². The Morgan fingerprint density at radius 2 is 2.00 bits per heavy atom. The van der Waals surface area contributed by atoms with E-state index in [9.17, 15) is 4.79 Å². The molecule has 0 bridgehead atoms. The Morgan fingerprint density at radius 1 is 1.23 bits per heavy atom. The van der Waals surface area contributed by atoms with Gasteiger partial charge >= 0.3 is 0 Å². The Hall–Kier alpha value is -2.84. The molecule has 0 aliphatic heterocycles. The summed E-state index contributed by atoms with van der Waals surface area (Å²) in [5.41, 5.74) is 2.93. The molecule has 3 aromatic rings. The predicted molar refractivity (Wildman–Crippen MR) is 142 cm³/mol. The number of pyridine rings is 1. The molecule has 0 saturated carbocycles. The summed E-state index contributed by atoms with van der Waals surface area (Å²) < 4.78 is 7.07. The number of rotatable bonds is 13. The highest BCUT2D eigenvalue weighted by Crippen LogP contribution is 2.29. The van der Waals surface area contributed by atoms with E-state index >= 15 is 0 Å². The Kier molecular flexibility index (Phi) is 9.74. The molecule has 0 saturated heterocycles. The molecule has 1 amide bonds. The van der Waals surface area contributed by atoms with Crippen molar-refractivity contribution in [3.63, 3.8) is 0 Å². The summed E-state index contributed by atoms with van der Waals surface area (Å²) in [4.78, 5) is 20.2. The summed E-state index contributed by atoms with van der Waals surface area (Å²) in [6.07, 6.45) is 5.35. The van der Waals surface area contributed by atoms with E-state index in [1.807, 2.05) is 36.7 Å². The lowest BCUT2D eigenvalue weighted by Gasteiger charge is -2.20. The van der Waals surface area contributed by atoms with Crippen molar-refractivity contribution in [3.8, 4) is 5.75 Å². The zero-order valence-electron chi connectivity index (χ0n) is 21.4. The second kappa shape index (κ2) is 12.7. The number of carbonyl (C=O) groups is 1. The van der Waals surface area contributed by atoms with E-state index < -0.39 is 0 Å². The van der Waals surface area contributed by atoms with Gasteiger partial charge in [0.25, 0.3) is 5.91 Å². The van der Waals surface area contributed by atoms with Crippen LogP contribution in [0.5, 0.6) is 5.75 Å². The minimum Gasteiger partial charge on any atom is -0.495 e. The van der Waals surface area contributed by atoms with Gasteiger partial charge < -0.3 is 20.3 Å². The number of nitrogens with one attached hydrogen (secondary N) is 2. The maximum Gasteiger partial charge on any atom is 0.255 e. The lowest BCUT2D eigenvalue weighted by atomic mass is 10.1. The van der Waals surface area contributed by atoms with E-state index in [0.717, 1.165) is 54.8 Å². The van der Waals surface area contributed by atoms with E-state index in [1.54, 1.807) is 19.5 Å². The number of ether oxygens (including phenoxy) is 1. The van der Waals surface area contributed by atoms with Gasteiger partial charge in [-0.25, -0.2) is 9.67 Å². The molecule has 0 aliphatic rings. The third-order valence-electron chi connectivity index (χ3n) is 6.28. The van der Waals surface area contributed by atoms with Crippen LogP contribution in [0.1, 0.15) is 56.5 Å². The molecule has 9 heteroatoms. The molecule has 0 radical (unpaired) electrons. The van der Waals surface area contributed by atoms with Crippen LogP contribution in [-0.4, -0.2) is 58.4 Å². The molecule has 2 heterocycles. The number of hydrogen-bond donors (Lipinski definition) is 2. The first kappa shape index (κ1) is 26.8. The van der Waals surface area contributed by atoms with Crippen LogP contribution in [-0.2, 0) is 13.1 Å². The van der Waals surface area contributed by atoms with Crippen molar-refractivity contribution in [1.29, 1.82) is 0 Å². The topological polar surface area (TPSA) is 84.3 Å². The number of nitrogens with zero attached hydrogens (tertiary/aromatic N) is 4. The van der Waals surface area contributed by atoms with Gasteiger partial charge in [-0.3, -0.25) is 4.79 Å². The number of aryl methyl sites for hydroxylation is 1. The first-order chi connectivity index (χ1) is 16.9. The van der Waals surface area contributed by atoms with Gasteiger partial charge in [0.15, 0.2) is 5.65 Å². The lowest BCUT2D eigenvalue weighted by Crippen LogP contribution is -2.34. The third kappa shape index (κ3) is 6.64. The number of benzene rings is 1. The van der Waals surface area contributed by atoms with Crippen LogP contribution in [0.25, 0.3) is 11.0 Å². The standard InChI is InChI=1S/C26H37ClN6O2/c1-6-32(7-2)13-9-10-18(4)31-26(34)21-16-29-25-20(17-30-33(25)8-3)24(21)28-15-19-11-12-23(35-5)22(27)14-19/h11-12,14,16-18H,6-10,13,15H2,1-5H3,(H,28,29)(H,31,34). The zero-order chi connectivity index (χ0) is 25.4. The average Bonchev–Trinajstić information content (AvgIpc) is 3.28. The Labute approximate surface area is 213 Å². The van der Waals surface area contributed by atoms with Crippen molar-refractivity contribution in [1.82, 2.24) is 25.0 Å². The fraction of sp³-hybridized carbons (Fsp3) is 0.500.